The van der Waals surface area contributed by atoms with E-state index in [0.717, 1.165) is 12.8 Å². The molecule has 0 atom stereocenters. The molecule has 0 radical (unpaired) electrons. The molecule has 1 aromatic rings. The molecule has 1 fully saturated rings. The maximum atomic E-state index is 11.8. The van der Waals surface area contributed by atoms with Crippen molar-refractivity contribution in [3.8, 4) is 11.5 Å². The van der Waals surface area contributed by atoms with Gasteiger partial charge in [0.2, 0.25) is 0 Å². The van der Waals surface area contributed by atoms with Crippen molar-refractivity contribution in [3.63, 3.8) is 0 Å². The number of phenols is 2. The van der Waals surface area contributed by atoms with Gasteiger partial charge in [-0.2, -0.15) is 0 Å². The molecule has 16 heavy (non-hydrogen) atoms. The average Bonchev–Trinajstić information content (AvgIpc) is 3.03. The fraction of sp³-hybridized carbons (Fsp3) is 0.417. The second-order valence-corrected chi connectivity index (χ2v) is 4.01. The number of phenolic OH excluding ortho intramolecular Hbond substituents is 2. The Hall–Kier alpha value is -1.71. The van der Waals surface area contributed by atoms with Gasteiger partial charge in [0.05, 0.1) is 12.0 Å². The quantitative estimate of drug-likeness (QED) is 0.603. The lowest BCUT2D eigenvalue weighted by Crippen LogP contribution is -2.23. The van der Waals surface area contributed by atoms with Gasteiger partial charge in [-0.25, -0.2) is 0 Å². The molecule has 0 unspecified atom stereocenters. The Morgan fingerprint density at radius 1 is 1.38 bits per heavy atom. The molecule has 0 spiro atoms. The van der Waals surface area contributed by atoms with Crippen molar-refractivity contribution in [1.82, 2.24) is 0 Å². The molecule has 0 bridgehead atoms. The Kier molecular flexibility index (Phi) is 2.50. The third kappa shape index (κ3) is 1.60. The molecule has 1 aromatic carbocycles. The highest BCUT2D eigenvalue weighted by molar-refractivity contribution is 5.86. The van der Waals surface area contributed by atoms with Crippen molar-refractivity contribution in [1.29, 1.82) is 0 Å². The zero-order chi connectivity index (χ0) is 11.8. The molecule has 1 aliphatic carbocycles. The molecule has 86 valence electrons. The minimum Gasteiger partial charge on any atom is -0.504 e. The average molecular weight is 222 g/mol. The Labute approximate surface area is 93.5 Å². The van der Waals surface area contributed by atoms with Crippen LogP contribution < -0.4 is 0 Å². The van der Waals surface area contributed by atoms with Gasteiger partial charge in [-0.05, 0) is 37.5 Å². The summed E-state index contributed by atoms with van der Waals surface area (Å²) in [5.74, 6) is -0.628. The van der Waals surface area contributed by atoms with Gasteiger partial charge in [0.25, 0.3) is 0 Å². The zero-order valence-corrected chi connectivity index (χ0v) is 9.06. The molecule has 0 heterocycles. The van der Waals surface area contributed by atoms with Crippen LogP contribution in [-0.4, -0.2) is 22.8 Å². The van der Waals surface area contributed by atoms with Crippen molar-refractivity contribution < 1.29 is 19.7 Å². The first kappa shape index (κ1) is 10.8. The van der Waals surface area contributed by atoms with Crippen LogP contribution in [0.3, 0.4) is 0 Å². The first-order chi connectivity index (χ1) is 7.60. The minimum atomic E-state index is -0.596. The second-order valence-electron chi connectivity index (χ2n) is 4.01. The molecule has 1 aliphatic rings. The summed E-state index contributed by atoms with van der Waals surface area (Å²) in [5.41, 5.74) is 0.113. The summed E-state index contributed by atoms with van der Waals surface area (Å²) in [6, 6.07) is 4.47. The predicted molar refractivity (Wildman–Crippen MR) is 57.3 cm³/mol. The molecule has 0 amide bonds. The smallest absolute Gasteiger partial charge is 0.316 e. The molecule has 0 saturated heterocycles. The molecular weight excluding hydrogens is 208 g/mol. The minimum absolute atomic E-state index is 0.177. The monoisotopic (exact) mass is 222 g/mol. The Bertz CT molecular complexity index is 421. The van der Waals surface area contributed by atoms with Crippen molar-refractivity contribution in [2.75, 3.05) is 6.61 Å². The highest BCUT2D eigenvalue weighted by atomic mass is 16.5. The van der Waals surface area contributed by atoms with Crippen LogP contribution in [0.15, 0.2) is 18.2 Å². The summed E-state index contributed by atoms with van der Waals surface area (Å²) in [4.78, 5) is 11.8. The van der Waals surface area contributed by atoms with Gasteiger partial charge in [-0.15, -0.1) is 0 Å². The van der Waals surface area contributed by atoms with E-state index >= 15 is 0 Å². The predicted octanol–water partition coefficient (Wildman–Crippen LogP) is 1.69. The van der Waals surface area contributed by atoms with Crippen LogP contribution in [0.1, 0.15) is 25.3 Å². The fourth-order valence-corrected chi connectivity index (χ4v) is 1.83. The summed E-state index contributed by atoms with van der Waals surface area (Å²) in [6.07, 6.45) is 1.46. The third-order valence-corrected chi connectivity index (χ3v) is 2.94. The van der Waals surface area contributed by atoms with E-state index in [0.29, 0.717) is 12.2 Å². The molecule has 4 heteroatoms. The molecule has 2 N–H and O–H groups in total. The van der Waals surface area contributed by atoms with E-state index in [1.807, 2.05) is 0 Å². The second kappa shape index (κ2) is 3.70. The molecule has 0 aromatic heterocycles. The first-order valence-electron chi connectivity index (χ1n) is 5.30. The highest BCUT2D eigenvalue weighted by Crippen LogP contribution is 2.50. The Balaban J connectivity index is 2.30. The van der Waals surface area contributed by atoms with Crippen LogP contribution in [0.4, 0.5) is 0 Å². The van der Waals surface area contributed by atoms with Crippen LogP contribution in [0.5, 0.6) is 11.5 Å². The number of aromatic hydroxyl groups is 2. The summed E-state index contributed by atoms with van der Waals surface area (Å²) in [5, 5.41) is 18.6. The van der Waals surface area contributed by atoms with E-state index in [1.54, 1.807) is 13.0 Å². The first-order valence-corrected chi connectivity index (χ1v) is 5.30. The number of carbonyl (C=O) groups excluding carboxylic acids is 1. The van der Waals surface area contributed by atoms with E-state index in [-0.39, 0.29) is 17.5 Å². The van der Waals surface area contributed by atoms with E-state index < -0.39 is 5.41 Å². The van der Waals surface area contributed by atoms with Crippen LogP contribution in [-0.2, 0) is 14.9 Å². The van der Waals surface area contributed by atoms with Gasteiger partial charge in [-0.1, -0.05) is 6.07 Å². The third-order valence-electron chi connectivity index (χ3n) is 2.94. The normalized spacial score (nSPS) is 16.8. The van der Waals surface area contributed by atoms with Crippen LogP contribution in [0.25, 0.3) is 0 Å². The van der Waals surface area contributed by atoms with Gasteiger partial charge in [0.15, 0.2) is 11.5 Å². The fourth-order valence-electron chi connectivity index (χ4n) is 1.83. The Morgan fingerprint density at radius 3 is 2.56 bits per heavy atom. The molecule has 2 rings (SSSR count). The number of esters is 1. The summed E-state index contributed by atoms with van der Waals surface area (Å²) >= 11 is 0. The van der Waals surface area contributed by atoms with Crippen molar-refractivity contribution >= 4 is 5.97 Å². The van der Waals surface area contributed by atoms with Crippen molar-refractivity contribution in [2.24, 2.45) is 0 Å². The van der Waals surface area contributed by atoms with Gasteiger partial charge in [-0.3, -0.25) is 4.79 Å². The van der Waals surface area contributed by atoms with Crippen LogP contribution >= 0.6 is 0 Å². The standard InChI is InChI=1S/C12H14O4/c1-2-16-11(15)12(5-6-12)8-3-4-9(13)10(14)7-8/h3-4,7,13-14H,2,5-6H2,1H3. The summed E-state index contributed by atoms with van der Waals surface area (Å²) in [6.45, 7) is 2.12. The van der Waals surface area contributed by atoms with Crippen LogP contribution in [0, 0.1) is 0 Å². The maximum absolute atomic E-state index is 11.8. The number of carbonyl (C=O) groups is 1. The zero-order valence-electron chi connectivity index (χ0n) is 9.06. The number of ether oxygens (including phenoxy) is 1. The molecule has 1 saturated carbocycles. The van der Waals surface area contributed by atoms with E-state index in [9.17, 15) is 15.0 Å². The van der Waals surface area contributed by atoms with E-state index in [4.69, 9.17) is 4.74 Å². The highest BCUT2D eigenvalue weighted by Gasteiger charge is 2.52. The molecule has 0 aliphatic heterocycles. The lowest BCUT2D eigenvalue weighted by molar-refractivity contribution is -0.146. The SMILES string of the molecule is CCOC(=O)C1(c2ccc(O)c(O)c2)CC1. The lowest BCUT2D eigenvalue weighted by atomic mass is 9.96. The summed E-state index contributed by atoms with van der Waals surface area (Å²) < 4.78 is 5.01. The molecular formula is C12H14O4. The Morgan fingerprint density at radius 2 is 2.06 bits per heavy atom. The number of hydrogen-bond donors (Lipinski definition) is 2. The largest absolute Gasteiger partial charge is 0.504 e. The maximum Gasteiger partial charge on any atom is 0.316 e. The van der Waals surface area contributed by atoms with Gasteiger partial charge < -0.3 is 14.9 Å². The molecule has 4 nitrogen and oxygen atoms in total. The van der Waals surface area contributed by atoms with Gasteiger partial charge in [0, 0.05) is 0 Å². The lowest BCUT2D eigenvalue weighted by Gasteiger charge is -2.14. The topological polar surface area (TPSA) is 66.8 Å². The van der Waals surface area contributed by atoms with E-state index in [1.165, 1.54) is 12.1 Å². The van der Waals surface area contributed by atoms with Crippen molar-refractivity contribution in [3.05, 3.63) is 23.8 Å². The van der Waals surface area contributed by atoms with E-state index in [2.05, 4.69) is 0 Å². The van der Waals surface area contributed by atoms with Gasteiger partial charge >= 0.3 is 5.97 Å². The number of rotatable bonds is 3. The summed E-state index contributed by atoms with van der Waals surface area (Å²) in [7, 11) is 0. The van der Waals surface area contributed by atoms with Crippen LogP contribution in [0.2, 0.25) is 0 Å². The number of hydrogen-bond acceptors (Lipinski definition) is 4. The number of benzene rings is 1. The van der Waals surface area contributed by atoms with Gasteiger partial charge in [0.1, 0.15) is 0 Å². The van der Waals surface area contributed by atoms with Crippen molar-refractivity contribution in [2.45, 2.75) is 25.2 Å².